The Morgan fingerprint density at radius 1 is 1.07 bits per heavy atom. The van der Waals surface area contributed by atoms with Crippen LogP contribution in [0.4, 0.5) is 0 Å². The smallest absolute Gasteiger partial charge is 0.261 e. The first-order valence-electron chi connectivity index (χ1n) is 8.92. The summed E-state index contributed by atoms with van der Waals surface area (Å²) < 4.78 is 1.96. The van der Waals surface area contributed by atoms with Crippen molar-refractivity contribution in [3.63, 3.8) is 0 Å². The fourth-order valence-electron chi connectivity index (χ4n) is 3.32. The van der Waals surface area contributed by atoms with E-state index in [4.69, 9.17) is 0 Å². The van der Waals surface area contributed by atoms with Crippen LogP contribution in [0.5, 0.6) is 0 Å². The maximum Gasteiger partial charge on any atom is 0.261 e. The fourth-order valence-corrected chi connectivity index (χ4v) is 4.64. The number of nitrogens with one attached hydrogen (secondary N) is 1. The van der Waals surface area contributed by atoms with Gasteiger partial charge in [0.2, 0.25) is 5.91 Å². The van der Waals surface area contributed by atoms with Crippen molar-refractivity contribution < 1.29 is 14.4 Å². The number of nitrogens with zero attached hydrogens (tertiary/aromatic N) is 1. The summed E-state index contributed by atoms with van der Waals surface area (Å²) >= 11 is 4.98. The van der Waals surface area contributed by atoms with Gasteiger partial charge in [-0.2, -0.15) is 0 Å². The number of benzene rings is 2. The van der Waals surface area contributed by atoms with Gasteiger partial charge in [-0.05, 0) is 47.0 Å². The topological polar surface area (TPSA) is 66.5 Å². The van der Waals surface area contributed by atoms with Crippen molar-refractivity contribution in [1.82, 2.24) is 10.2 Å². The lowest BCUT2D eigenvalue weighted by atomic mass is 10.1. The number of thiophene rings is 1. The van der Waals surface area contributed by atoms with E-state index < -0.39 is 0 Å². The van der Waals surface area contributed by atoms with E-state index in [0.717, 1.165) is 15.4 Å². The minimum atomic E-state index is -0.300. The van der Waals surface area contributed by atoms with Crippen LogP contribution in [0.15, 0.2) is 52.3 Å². The summed E-state index contributed by atoms with van der Waals surface area (Å²) in [7, 11) is 0. The van der Waals surface area contributed by atoms with E-state index >= 15 is 0 Å². The van der Waals surface area contributed by atoms with Crippen LogP contribution < -0.4 is 5.32 Å². The van der Waals surface area contributed by atoms with Crippen molar-refractivity contribution >= 4 is 55.1 Å². The highest BCUT2D eigenvalue weighted by Gasteiger charge is 2.35. The molecule has 3 amide bonds. The molecule has 0 spiro atoms. The van der Waals surface area contributed by atoms with E-state index in [0.29, 0.717) is 24.1 Å². The normalized spacial score (nSPS) is 13.2. The van der Waals surface area contributed by atoms with Crippen LogP contribution in [0.3, 0.4) is 0 Å². The predicted molar refractivity (Wildman–Crippen MR) is 112 cm³/mol. The van der Waals surface area contributed by atoms with Gasteiger partial charge < -0.3 is 5.32 Å². The van der Waals surface area contributed by atoms with Gasteiger partial charge in [0.05, 0.1) is 11.1 Å². The van der Waals surface area contributed by atoms with E-state index in [2.05, 4.69) is 32.7 Å². The standard InChI is InChI=1S/C21H17BrN2O3S/c22-14-7-8-16-17(10-14)21(27)24(20(16)26)9-3-6-19(25)23-11-13-12-28-18-5-2-1-4-15(13)18/h1-2,4-5,7-8,10,12H,3,6,9,11H2,(H,23,25). The Labute approximate surface area is 174 Å². The third-order valence-electron chi connectivity index (χ3n) is 4.76. The van der Waals surface area contributed by atoms with Crippen molar-refractivity contribution in [3.8, 4) is 0 Å². The first-order chi connectivity index (χ1) is 13.5. The van der Waals surface area contributed by atoms with Crippen LogP contribution in [0, 0.1) is 0 Å². The average Bonchev–Trinajstić information content (AvgIpc) is 3.21. The largest absolute Gasteiger partial charge is 0.352 e. The van der Waals surface area contributed by atoms with Crippen LogP contribution in [0.25, 0.3) is 10.1 Å². The number of carbonyl (C=O) groups is 3. The van der Waals surface area contributed by atoms with Crippen LogP contribution in [-0.2, 0) is 11.3 Å². The number of fused-ring (bicyclic) bond motifs is 2. The van der Waals surface area contributed by atoms with E-state index in [1.165, 1.54) is 9.60 Å². The minimum absolute atomic E-state index is 0.0883. The zero-order valence-electron chi connectivity index (χ0n) is 14.9. The van der Waals surface area contributed by atoms with Crippen molar-refractivity contribution in [1.29, 1.82) is 0 Å². The Morgan fingerprint density at radius 3 is 2.71 bits per heavy atom. The first kappa shape index (κ1) is 18.8. The molecule has 28 heavy (non-hydrogen) atoms. The third kappa shape index (κ3) is 3.59. The number of hydrogen-bond donors (Lipinski definition) is 1. The molecule has 142 valence electrons. The van der Waals surface area contributed by atoms with Gasteiger partial charge >= 0.3 is 0 Å². The number of carbonyl (C=O) groups excluding carboxylic acids is 3. The minimum Gasteiger partial charge on any atom is -0.352 e. The molecule has 0 radical (unpaired) electrons. The molecule has 0 bridgehead atoms. The van der Waals surface area contributed by atoms with Gasteiger partial charge in [0.1, 0.15) is 0 Å². The summed E-state index contributed by atoms with van der Waals surface area (Å²) in [6, 6.07) is 13.2. The number of halogens is 1. The number of hydrogen-bond acceptors (Lipinski definition) is 4. The highest BCUT2D eigenvalue weighted by atomic mass is 79.9. The second-order valence-corrected chi connectivity index (χ2v) is 8.42. The molecule has 2 aromatic carbocycles. The number of amides is 3. The van der Waals surface area contributed by atoms with Crippen molar-refractivity contribution in [2.75, 3.05) is 6.54 Å². The molecule has 0 fully saturated rings. The SMILES string of the molecule is O=C(CCCN1C(=O)c2ccc(Br)cc2C1=O)NCc1csc2ccccc12. The first-order valence-corrected chi connectivity index (χ1v) is 10.6. The van der Waals surface area contributed by atoms with Gasteiger partial charge in [-0.25, -0.2) is 0 Å². The van der Waals surface area contributed by atoms with Crippen LogP contribution in [0.2, 0.25) is 0 Å². The van der Waals surface area contributed by atoms with Crippen LogP contribution in [0.1, 0.15) is 39.1 Å². The molecule has 2 heterocycles. The van der Waals surface area contributed by atoms with Crippen molar-refractivity contribution in [3.05, 3.63) is 69.0 Å². The molecule has 0 saturated heterocycles. The number of imide groups is 1. The zero-order valence-corrected chi connectivity index (χ0v) is 17.3. The number of rotatable bonds is 6. The molecule has 7 heteroatoms. The quantitative estimate of drug-likeness (QED) is 0.560. The molecule has 0 saturated carbocycles. The molecule has 4 rings (SSSR count). The molecule has 0 unspecified atom stereocenters. The second kappa shape index (κ2) is 7.85. The molecule has 5 nitrogen and oxygen atoms in total. The third-order valence-corrected chi connectivity index (χ3v) is 6.26. The molecule has 0 aliphatic carbocycles. The Balaban J connectivity index is 1.29. The van der Waals surface area contributed by atoms with Gasteiger partial charge in [-0.15, -0.1) is 11.3 Å². The molecule has 0 atom stereocenters. The fraction of sp³-hybridized carbons (Fsp3) is 0.190. The Hall–Kier alpha value is -2.51. The lowest BCUT2D eigenvalue weighted by molar-refractivity contribution is -0.121. The van der Waals surface area contributed by atoms with E-state index in [9.17, 15) is 14.4 Å². The Kier molecular flexibility index (Phi) is 5.28. The summed E-state index contributed by atoms with van der Waals surface area (Å²) in [6.45, 7) is 0.711. The monoisotopic (exact) mass is 456 g/mol. The van der Waals surface area contributed by atoms with E-state index in [1.807, 2.05) is 18.2 Å². The van der Waals surface area contributed by atoms with Gasteiger partial charge in [0.15, 0.2) is 0 Å². The molecule has 1 aliphatic heterocycles. The van der Waals surface area contributed by atoms with Gasteiger partial charge in [0.25, 0.3) is 11.8 Å². The van der Waals surface area contributed by atoms with Crippen molar-refractivity contribution in [2.24, 2.45) is 0 Å². The summed E-state index contributed by atoms with van der Waals surface area (Å²) in [5.41, 5.74) is 1.93. The van der Waals surface area contributed by atoms with Crippen LogP contribution >= 0.6 is 27.3 Å². The van der Waals surface area contributed by atoms with Gasteiger partial charge in [-0.1, -0.05) is 34.1 Å². The molecule has 3 aromatic rings. The lowest BCUT2D eigenvalue weighted by Crippen LogP contribution is -2.32. The Bertz CT molecular complexity index is 1090. The van der Waals surface area contributed by atoms with Crippen LogP contribution in [-0.4, -0.2) is 29.2 Å². The lowest BCUT2D eigenvalue weighted by Gasteiger charge is -2.13. The molecule has 1 aromatic heterocycles. The molecular weight excluding hydrogens is 440 g/mol. The molecule has 1 aliphatic rings. The van der Waals surface area contributed by atoms with Gasteiger partial charge in [-0.3, -0.25) is 19.3 Å². The van der Waals surface area contributed by atoms with Gasteiger partial charge in [0, 0.05) is 28.7 Å². The summed E-state index contributed by atoms with van der Waals surface area (Å²) in [6.07, 6.45) is 0.696. The van der Waals surface area contributed by atoms with E-state index in [1.54, 1.807) is 29.5 Å². The average molecular weight is 457 g/mol. The highest BCUT2D eigenvalue weighted by Crippen LogP contribution is 2.27. The predicted octanol–water partition coefficient (Wildman–Crippen LogP) is 4.36. The molecule has 1 N–H and O–H groups in total. The second-order valence-electron chi connectivity index (χ2n) is 6.59. The van der Waals surface area contributed by atoms with Crippen molar-refractivity contribution in [2.45, 2.75) is 19.4 Å². The molecular formula is C21H17BrN2O3S. The summed E-state index contributed by atoms with van der Waals surface area (Å²) in [4.78, 5) is 38.2. The maximum absolute atomic E-state index is 12.4. The van der Waals surface area contributed by atoms with E-state index in [-0.39, 0.29) is 30.7 Å². The highest BCUT2D eigenvalue weighted by molar-refractivity contribution is 9.10. The Morgan fingerprint density at radius 2 is 1.86 bits per heavy atom. The zero-order chi connectivity index (χ0) is 19.7. The maximum atomic E-state index is 12.4. The summed E-state index contributed by atoms with van der Waals surface area (Å²) in [5.74, 6) is -0.682. The summed E-state index contributed by atoms with van der Waals surface area (Å²) in [5, 5.41) is 6.14.